The van der Waals surface area contributed by atoms with E-state index in [9.17, 15) is 4.79 Å². The lowest BCUT2D eigenvalue weighted by Gasteiger charge is -2.07. The van der Waals surface area contributed by atoms with Gasteiger partial charge in [-0.05, 0) is 0 Å². The highest BCUT2D eigenvalue weighted by Gasteiger charge is 2.09. The molecule has 8 heteroatoms. The lowest BCUT2D eigenvalue weighted by Crippen LogP contribution is -2.33. The summed E-state index contributed by atoms with van der Waals surface area (Å²) in [5.74, 6) is 0.826. The number of hydrogen-bond acceptors (Lipinski definition) is 5. The Bertz CT molecular complexity index is 460. The summed E-state index contributed by atoms with van der Waals surface area (Å²) >= 11 is 5.40. The number of halogens is 1. The molecule has 7 nitrogen and oxygen atoms in total. The summed E-state index contributed by atoms with van der Waals surface area (Å²) in [4.78, 5) is 27.8. The van der Waals surface area contributed by atoms with E-state index in [4.69, 9.17) is 16.4 Å². The fraction of sp³-hybridized carbons (Fsp3) is 0.250. The van der Waals surface area contributed by atoms with E-state index in [2.05, 4.69) is 20.3 Å². The zero-order chi connectivity index (χ0) is 11.4. The van der Waals surface area contributed by atoms with Crippen molar-refractivity contribution in [1.29, 1.82) is 0 Å². The van der Waals surface area contributed by atoms with Gasteiger partial charge in [0.05, 0.1) is 6.20 Å². The van der Waals surface area contributed by atoms with Crippen molar-refractivity contribution in [2.45, 2.75) is 0 Å². The Balaban J connectivity index is 2.04. The Morgan fingerprint density at radius 2 is 2.38 bits per heavy atom. The largest absolute Gasteiger partial charge is 0.432 e. The number of carbonyl (C=O) groups is 1. The number of aromatic nitrogens is 4. The summed E-state index contributed by atoms with van der Waals surface area (Å²) in [7, 11) is 0. The number of alkyl halides is 1. The predicted molar refractivity (Wildman–Crippen MR) is 55.1 cm³/mol. The molecule has 0 fully saturated rings. The number of fused-ring (bicyclic) bond motifs is 1. The highest BCUT2D eigenvalue weighted by Crippen LogP contribution is 2.10. The van der Waals surface area contributed by atoms with Gasteiger partial charge in [-0.2, -0.15) is 4.73 Å². The second-order valence-corrected chi connectivity index (χ2v) is 3.19. The van der Waals surface area contributed by atoms with E-state index < -0.39 is 6.09 Å². The third-order valence-electron chi connectivity index (χ3n) is 1.70. The maximum absolute atomic E-state index is 11.2. The van der Waals surface area contributed by atoms with E-state index in [0.717, 1.165) is 4.73 Å². The summed E-state index contributed by atoms with van der Waals surface area (Å²) in [6, 6.07) is 0. The van der Waals surface area contributed by atoms with Crippen LogP contribution in [-0.2, 0) is 0 Å². The monoisotopic (exact) mass is 241 g/mol. The number of imidazole rings is 1. The van der Waals surface area contributed by atoms with Gasteiger partial charge in [-0.25, -0.2) is 19.7 Å². The highest BCUT2D eigenvalue weighted by molar-refractivity contribution is 6.18. The second kappa shape index (κ2) is 4.75. The molecule has 0 spiro atoms. The van der Waals surface area contributed by atoms with Gasteiger partial charge in [0, 0.05) is 12.4 Å². The minimum atomic E-state index is -0.605. The Morgan fingerprint density at radius 3 is 3.19 bits per heavy atom. The van der Waals surface area contributed by atoms with Gasteiger partial charge < -0.3 is 10.2 Å². The predicted octanol–water partition coefficient (Wildman–Crippen LogP) is 0.155. The standard InChI is InChI=1S/C8H8ClN5O2/c9-1-2-10-8(15)16-14-3-6-7(13-5-14)12-4-11-6/h3-5H,1-2H2,(H,10,15). The van der Waals surface area contributed by atoms with Crippen molar-refractivity contribution in [3.8, 4) is 11.5 Å². The maximum Gasteiger partial charge on any atom is 0.432 e. The fourth-order valence-corrected chi connectivity index (χ4v) is 1.15. The first-order chi connectivity index (χ1) is 7.79. The molecular weight excluding hydrogens is 234 g/mol. The van der Waals surface area contributed by atoms with E-state index in [-0.39, 0.29) is 0 Å². The van der Waals surface area contributed by atoms with Crippen molar-refractivity contribution >= 4 is 17.7 Å². The molecule has 0 aromatic heterocycles. The van der Waals surface area contributed by atoms with Gasteiger partial charge in [0.2, 0.25) is 0 Å². The molecule has 0 saturated heterocycles. The van der Waals surface area contributed by atoms with Crippen molar-refractivity contribution in [2.75, 3.05) is 12.4 Å². The van der Waals surface area contributed by atoms with Crippen LogP contribution in [0.2, 0.25) is 0 Å². The lowest BCUT2D eigenvalue weighted by molar-refractivity contribution is 0.131. The molecule has 0 aliphatic carbocycles. The van der Waals surface area contributed by atoms with Crippen molar-refractivity contribution in [1.82, 2.24) is 25.0 Å². The molecule has 0 saturated carbocycles. The molecule has 0 unspecified atom stereocenters. The SMILES string of the molecule is O=C(NCCCl)On1cnc2ncnc-2c1. The van der Waals surface area contributed by atoms with Crippen LogP contribution in [0.3, 0.4) is 0 Å². The fourth-order valence-electron chi connectivity index (χ4n) is 1.05. The van der Waals surface area contributed by atoms with E-state index in [1.54, 1.807) is 0 Å². The van der Waals surface area contributed by atoms with Gasteiger partial charge >= 0.3 is 6.09 Å². The summed E-state index contributed by atoms with van der Waals surface area (Å²) in [6.45, 7) is 0.340. The van der Waals surface area contributed by atoms with Crippen LogP contribution in [0, 0.1) is 0 Å². The molecular formula is C8H8ClN5O2. The number of nitrogens with zero attached hydrogens (tertiary/aromatic N) is 4. The van der Waals surface area contributed by atoms with Gasteiger partial charge in [0.1, 0.15) is 18.3 Å². The molecule has 2 aliphatic heterocycles. The molecule has 0 atom stereocenters. The summed E-state index contributed by atoms with van der Waals surface area (Å²) in [5.41, 5.74) is 0.549. The molecule has 1 N–H and O–H groups in total. The summed E-state index contributed by atoms with van der Waals surface area (Å²) in [6.07, 6.45) is 3.62. The molecule has 2 heterocycles. The van der Waals surface area contributed by atoms with Crippen LogP contribution in [0.15, 0.2) is 18.9 Å². The zero-order valence-corrected chi connectivity index (χ0v) is 8.89. The van der Waals surface area contributed by atoms with Gasteiger partial charge in [-0.3, -0.25) is 0 Å². The summed E-state index contributed by atoms with van der Waals surface area (Å²) in [5, 5.41) is 2.44. The first-order valence-electron chi connectivity index (χ1n) is 4.46. The Kier molecular flexibility index (Phi) is 3.16. The number of hydrogen-bond donors (Lipinski definition) is 1. The topological polar surface area (TPSA) is 81.9 Å². The minimum Gasteiger partial charge on any atom is -0.318 e. The quantitative estimate of drug-likeness (QED) is 0.774. The molecule has 0 radical (unpaired) electrons. The van der Waals surface area contributed by atoms with E-state index in [1.165, 1.54) is 18.9 Å². The lowest BCUT2D eigenvalue weighted by atomic mass is 10.4. The molecule has 1 amide bonds. The molecule has 2 rings (SSSR count). The van der Waals surface area contributed by atoms with Gasteiger partial charge in [0.15, 0.2) is 5.82 Å². The second-order valence-electron chi connectivity index (χ2n) is 2.81. The van der Waals surface area contributed by atoms with Crippen LogP contribution < -0.4 is 10.2 Å². The van der Waals surface area contributed by atoms with Gasteiger partial charge in [0.25, 0.3) is 0 Å². The van der Waals surface area contributed by atoms with Crippen molar-refractivity contribution < 1.29 is 9.63 Å². The van der Waals surface area contributed by atoms with E-state index in [1.807, 2.05) is 0 Å². The van der Waals surface area contributed by atoms with Crippen LogP contribution in [-0.4, -0.2) is 38.2 Å². The normalized spacial score (nSPS) is 10.3. The molecule has 16 heavy (non-hydrogen) atoms. The number of amides is 1. The smallest absolute Gasteiger partial charge is 0.318 e. The van der Waals surface area contributed by atoms with Crippen molar-refractivity contribution in [2.24, 2.45) is 0 Å². The molecule has 0 bridgehead atoms. The van der Waals surface area contributed by atoms with E-state index >= 15 is 0 Å². The Labute approximate surface area is 95.7 Å². The van der Waals surface area contributed by atoms with Crippen LogP contribution >= 0.6 is 11.6 Å². The Morgan fingerprint density at radius 1 is 1.50 bits per heavy atom. The van der Waals surface area contributed by atoms with Gasteiger partial charge in [-0.1, -0.05) is 0 Å². The van der Waals surface area contributed by atoms with Crippen molar-refractivity contribution in [3.05, 3.63) is 18.9 Å². The number of rotatable bonds is 3. The highest BCUT2D eigenvalue weighted by atomic mass is 35.5. The van der Waals surface area contributed by atoms with Crippen LogP contribution in [0.25, 0.3) is 11.5 Å². The summed E-state index contributed by atoms with van der Waals surface area (Å²) < 4.78 is 1.15. The zero-order valence-electron chi connectivity index (χ0n) is 8.13. The van der Waals surface area contributed by atoms with E-state index in [0.29, 0.717) is 23.9 Å². The molecule has 84 valence electrons. The Hall–Kier alpha value is -1.89. The maximum atomic E-state index is 11.2. The van der Waals surface area contributed by atoms with Crippen LogP contribution in [0.5, 0.6) is 0 Å². The van der Waals surface area contributed by atoms with Crippen molar-refractivity contribution in [3.63, 3.8) is 0 Å². The number of nitrogens with one attached hydrogen (secondary N) is 1. The molecule has 0 aromatic carbocycles. The third kappa shape index (κ3) is 2.37. The average Bonchev–Trinajstić information content (AvgIpc) is 2.73. The molecule has 2 aliphatic rings. The van der Waals surface area contributed by atoms with Gasteiger partial charge in [-0.15, -0.1) is 11.6 Å². The van der Waals surface area contributed by atoms with Crippen LogP contribution in [0.4, 0.5) is 4.79 Å². The number of carbonyl (C=O) groups excluding carboxylic acids is 1. The first kappa shape index (κ1) is 10.6. The minimum absolute atomic E-state index is 0.325. The first-order valence-corrected chi connectivity index (χ1v) is 5.00. The average molecular weight is 242 g/mol. The van der Waals surface area contributed by atoms with Crippen LogP contribution in [0.1, 0.15) is 0 Å². The molecule has 0 aromatic rings. The third-order valence-corrected chi connectivity index (χ3v) is 1.89.